The number of aromatic nitrogens is 1. The second-order valence-electron chi connectivity index (χ2n) is 6.63. The Morgan fingerprint density at radius 2 is 2.00 bits per heavy atom. The Morgan fingerprint density at radius 1 is 1.35 bits per heavy atom. The van der Waals surface area contributed by atoms with Gasteiger partial charge in [0.15, 0.2) is 11.8 Å². The van der Waals surface area contributed by atoms with Crippen LogP contribution >= 0.6 is 11.3 Å². The zero-order valence-corrected chi connectivity index (χ0v) is 16.8. The van der Waals surface area contributed by atoms with Crippen molar-refractivity contribution in [1.29, 1.82) is 0 Å². The monoisotopic (exact) mass is 384 g/mol. The molecule has 2 atom stereocenters. The number of carboxylic acid groups (broad SMARTS) is 1. The molecule has 0 saturated heterocycles. The number of carbonyl (C=O) groups is 3. The van der Waals surface area contributed by atoms with Crippen molar-refractivity contribution in [2.45, 2.75) is 65.5 Å². The van der Waals surface area contributed by atoms with Gasteiger partial charge in [-0.2, -0.15) is 0 Å². The molecule has 0 unspecified atom stereocenters. The summed E-state index contributed by atoms with van der Waals surface area (Å²) in [5, 5.41) is 10.9. The first-order valence-corrected chi connectivity index (χ1v) is 9.66. The van der Waals surface area contributed by atoms with Crippen molar-refractivity contribution in [3.05, 3.63) is 16.1 Å². The van der Waals surface area contributed by atoms with Crippen LogP contribution in [0.3, 0.4) is 0 Å². The summed E-state index contributed by atoms with van der Waals surface area (Å²) in [5.41, 5.74) is -0.0735. The molecular weight excluding hydrogens is 356 g/mol. The summed E-state index contributed by atoms with van der Waals surface area (Å²) < 4.78 is 5.40. The summed E-state index contributed by atoms with van der Waals surface area (Å²) in [5.74, 6) is -1.40. The minimum atomic E-state index is -1.12. The molecule has 0 aliphatic carbocycles. The lowest BCUT2D eigenvalue weighted by atomic mass is 9.96. The molecule has 0 aliphatic heterocycles. The van der Waals surface area contributed by atoms with E-state index in [0.717, 1.165) is 24.2 Å². The van der Waals surface area contributed by atoms with Gasteiger partial charge >= 0.3 is 11.9 Å². The number of hydrogen-bond donors (Lipinski definition) is 1. The molecule has 26 heavy (non-hydrogen) atoms. The lowest BCUT2D eigenvalue weighted by molar-refractivity contribution is -0.148. The number of esters is 1. The Kier molecular flexibility index (Phi) is 8.71. The van der Waals surface area contributed by atoms with E-state index in [2.05, 4.69) is 4.98 Å². The number of thiazole rings is 1. The van der Waals surface area contributed by atoms with Crippen LogP contribution in [0.25, 0.3) is 0 Å². The molecule has 0 bridgehead atoms. The molecule has 0 spiro atoms. The van der Waals surface area contributed by atoms with E-state index in [1.165, 1.54) is 12.3 Å². The Bertz CT molecular complexity index is 629. The quantitative estimate of drug-likeness (QED) is 0.620. The minimum absolute atomic E-state index is 0.0532. The maximum Gasteiger partial charge on any atom is 0.355 e. The largest absolute Gasteiger partial charge is 0.476 e. The van der Waals surface area contributed by atoms with Gasteiger partial charge in [0, 0.05) is 38.2 Å². The molecule has 0 aliphatic rings. The molecular formula is C18H28N2O5S. The van der Waals surface area contributed by atoms with Crippen molar-refractivity contribution in [3.63, 3.8) is 0 Å². The highest BCUT2D eigenvalue weighted by atomic mass is 32.1. The van der Waals surface area contributed by atoms with Gasteiger partial charge in [0.05, 0.1) is 0 Å². The van der Waals surface area contributed by atoms with Gasteiger partial charge in [-0.1, -0.05) is 27.2 Å². The van der Waals surface area contributed by atoms with Crippen molar-refractivity contribution in [2.24, 2.45) is 5.92 Å². The molecule has 8 heteroatoms. The van der Waals surface area contributed by atoms with Gasteiger partial charge in [0.25, 0.3) is 0 Å². The van der Waals surface area contributed by atoms with E-state index in [4.69, 9.17) is 9.84 Å². The third-order valence-corrected chi connectivity index (χ3v) is 5.12. The third-order valence-electron chi connectivity index (χ3n) is 4.18. The minimum Gasteiger partial charge on any atom is -0.476 e. The number of rotatable bonds is 10. The van der Waals surface area contributed by atoms with E-state index >= 15 is 0 Å². The number of hydrogen-bond acceptors (Lipinski definition) is 6. The molecule has 1 amide bonds. The number of amides is 1. The summed E-state index contributed by atoms with van der Waals surface area (Å²) in [6, 6.07) is -0.152. The second-order valence-corrected chi connectivity index (χ2v) is 7.52. The molecule has 0 saturated carbocycles. The summed E-state index contributed by atoms with van der Waals surface area (Å²) in [4.78, 5) is 40.8. The highest BCUT2D eigenvalue weighted by molar-refractivity contribution is 7.09. The van der Waals surface area contributed by atoms with E-state index in [1.807, 2.05) is 20.8 Å². The molecule has 1 aromatic rings. The van der Waals surface area contributed by atoms with E-state index < -0.39 is 18.0 Å². The summed E-state index contributed by atoms with van der Waals surface area (Å²) in [6.45, 7) is 7.35. The Balaban J connectivity index is 3.01. The fraction of sp³-hybridized carbons (Fsp3) is 0.667. The molecule has 1 rings (SSSR count). The molecule has 146 valence electrons. The van der Waals surface area contributed by atoms with Gasteiger partial charge in [-0.3, -0.25) is 9.59 Å². The molecule has 0 aromatic carbocycles. The van der Waals surface area contributed by atoms with Crippen LogP contribution in [0.1, 0.15) is 75.0 Å². The topological polar surface area (TPSA) is 96.8 Å². The maximum absolute atomic E-state index is 12.4. The first kappa shape index (κ1) is 22.1. The lowest BCUT2D eigenvalue weighted by Crippen LogP contribution is -2.41. The van der Waals surface area contributed by atoms with Gasteiger partial charge in [-0.25, -0.2) is 9.78 Å². The van der Waals surface area contributed by atoms with Crippen LogP contribution in [0.2, 0.25) is 0 Å². The van der Waals surface area contributed by atoms with E-state index in [0.29, 0.717) is 17.8 Å². The summed E-state index contributed by atoms with van der Waals surface area (Å²) in [7, 11) is 1.76. The highest BCUT2D eigenvalue weighted by Crippen LogP contribution is 2.30. The third kappa shape index (κ3) is 6.40. The predicted octanol–water partition coefficient (Wildman–Crippen LogP) is 3.51. The average Bonchev–Trinajstić information content (AvgIpc) is 3.05. The molecule has 1 N–H and O–H groups in total. The average molecular weight is 384 g/mol. The van der Waals surface area contributed by atoms with E-state index in [-0.39, 0.29) is 23.6 Å². The predicted molar refractivity (Wildman–Crippen MR) is 99.1 cm³/mol. The number of nitrogens with zero attached hydrogens (tertiary/aromatic N) is 2. The van der Waals surface area contributed by atoms with Crippen LogP contribution in [0.4, 0.5) is 0 Å². The Labute approximate surface area is 158 Å². The number of ether oxygens (including phenoxy) is 1. The number of unbranched alkanes of at least 4 members (excludes halogenated alkanes) is 1. The van der Waals surface area contributed by atoms with Crippen molar-refractivity contribution in [3.8, 4) is 0 Å². The first-order chi connectivity index (χ1) is 12.2. The van der Waals surface area contributed by atoms with Crippen molar-refractivity contribution < 1.29 is 24.2 Å². The highest BCUT2D eigenvalue weighted by Gasteiger charge is 2.30. The SMILES string of the molecule is CCCCC(=O)N(C)[C@H](C[C@@H](OC(C)=O)c1nc(C(=O)O)cs1)C(C)C. The Morgan fingerprint density at radius 3 is 2.46 bits per heavy atom. The molecule has 7 nitrogen and oxygen atoms in total. The summed E-state index contributed by atoms with van der Waals surface area (Å²) in [6.07, 6.45) is 1.95. The van der Waals surface area contributed by atoms with E-state index in [1.54, 1.807) is 11.9 Å². The zero-order chi connectivity index (χ0) is 19.9. The number of aromatic carboxylic acids is 1. The maximum atomic E-state index is 12.4. The van der Waals surface area contributed by atoms with Crippen LogP contribution < -0.4 is 0 Å². The van der Waals surface area contributed by atoms with Gasteiger partial charge in [0.2, 0.25) is 5.91 Å². The second kappa shape index (κ2) is 10.3. The summed E-state index contributed by atoms with van der Waals surface area (Å²) >= 11 is 1.14. The van der Waals surface area contributed by atoms with Gasteiger partial charge in [0.1, 0.15) is 5.01 Å². The van der Waals surface area contributed by atoms with Crippen LogP contribution in [0.15, 0.2) is 5.38 Å². The van der Waals surface area contributed by atoms with E-state index in [9.17, 15) is 14.4 Å². The standard InChI is InChI=1S/C18H28N2O5S/c1-6-7-8-16(22)20(5)14(11(2)3)9-15(25-12(4)21)17-19-13(10-26-17)18(23)24/h10-11,14-15H,6-9H2,1-5H3,(H,23,24)/t14-,15-/m1/s1. The smallest absolute Gasteiger partial charge is 0.355 e. The lowest BCUT2D eigenvalue weighted by Gasteiger charge is -2.33. The van der Waals surface area contributed by atoms with Crippen LogP contribution in [-0.2, 0) is 14.3 Å². The molecule has 1 heterocycles. The Hall–Kier alpha value is -1.96. The van der Waals surface area contributed by atoms with Gasteiger partial charge in [-0.05, 0) is 12.3 Å². The van der Waals surface area contributed by atoms with Crippen molar-refractivity contribution >= 4 is 29.2 Å². The molecule has 1 aromatic heterocycles. The molecule has 0 radical (unpaired) electrons. The van der Waals surface area contributed by atoms with Crippen molar-refractivity contribution in [1.82, 2.24) is 9.88 Å². The van der Waals surface area contributed by atoms with Gasteiger partial charge < -0.3 is 14.7 Å². The van der Waals surface area contributed by atoms with Crippen LogP contribution in [0.5, 0.6) is 0 Å². The number of carbonyl (C=O) groups excluding carboxylic acids is 2. The fourth-order valence-corrected chi connectivity index (χ4v) is 3.55. The van der Waals surface area contributed by atoms with Crippen LogP contribution in [0, 0.1) is 5.92 Å². The van der Waals surface area contributed by atoms with Gasteiger partial charge in [-0.15, -0.1) is 11.3 Å². The fourth-order valence-electron chi connectivity index (χ4n) is 2.72. The zero-order valence-electron chi connectivity index (χ0n) is 16.0. The van der Waals surface area contributed by atoms with Crippen molar-refractivity contribution in [2.75, 3.05) is 7.05 Å². The number of carboxylic acids is 1. The van der Waals surface area contributed by atoms with Crippen LogP contribution in [-0.4, -0.2) is 45.9 Å². The molecule has 0 fully saturated rings. The first-order valence-electron chi connectivity index (χ1n) is 8.78. The normalized spacial score (nSPS) is 13.3.